The molecule has 1 aliphatic heterocycles. The first-order valence-corrected chi connectivity index (χ1v) is 11.0. The third-order valence-corrected chi connectivity index (χ3v) is 9.42. The fourth-order valence-corrected chi connectivity index (χ4v) is 9.12. The predicted molar refractivity (Wildman–Crippen MR) is 102 cm³/mol. The van der Waals surface area contributed by atoms with E-state index in [2.05, 4.69) is 12.1 Å². The van der Waals surface area contributed by atoms with E-state index in [1.807, 2.05) is 21.7 Å². The summed E-state index contributed by atoms with van der Waals surface area (Å²) in [5, 5.41) is 3.69. The average molecular weight is 330 g/mol. The van der Waals surface area contributed by atoms with Gasteiger partial charge in [0.1, 0.15) is 0 Å². The van der Waals surface area contributed by atoms with E-state index < -0.39 is 0 Å². The SMILES string of the molecule is c1c2c(c3c4c1CCC41CCc4cc5c(c(c41)P3)CCC5)CCC2. The van der Waals surface area contributed by atoms with Gasteiger partial charge >= 0.3 is 0 Å². The van der Waals surface area contributed by atoms with Crippen LogP contribution in [0.3, 0.4) is 0 Å². The summed E-state index contributed by atoms with van der Waals surface area (Å²) in [5.74, 6) is 0. The van der Waals surface area contributed by atoms with Crippen LogP contribution in [0, 0.1) is 0 Å². The van der Waals surface area contributed by atoms with Crippen LogP contribution in [-0.4, -0.2) is 0 Å². The smallest absolute Gasteiger partial charge is 0.0227 e. The van der Waals surface area contributed by atoms with Gasteiger partial charge in [0.25, 0.3) is 0 Å². The Morgan fingerprint density at radius 2 is 1.17 bits per heavy atom. The Balaban J connectivity index is 1.62. The predicted octanol–water partition coefficient (Wildman–Crippen LogP) is 3.79. The maximum Gasteiger partial charge on any atom is 0.0227 e. The van der Waals surface area contributed by atoms with Crippen molar-refractivity contribution >= 4 is 19.2 Å². The molecule has 1 spiro atoms. The lowest BCUT2D eigenvalue weighted by Crippen LogP contribution is -2.38. The van der Waals surface area contributed by atoms with Crippen molar-refractivity contribution in [1.29, 1.82) is 0 Å². The average Bonchev–Trinajstić information content (AvgIpc) is 3.36. The van der Waals surface area contributed by atoms with Crippen LogP contribution in [-0.2, 0) is 43.9 Å². The second kappa shape index (κ2) is 4.16. The van der Waals surface area contributed by atoms with Crippen LogP contribution in [0.25, 0.3) is 0 Å². The molecule has 5 aliphatic rings. The Morgan fingerprint density at radius 1 is 0.625 bits per heavy atom. The standard InChI is InChI=1S/C23H23P/c1-3-13-11-15-7-9-23-10-8-16-12-14-4-2-6-18(14)22(20(16)23)24-21(19(15)23)17(13)5-1/h11-12,24H,1-10H2. The zero-order valence-corrected chi connectivity index (χ0v) is 15.2. The molecule has 0 N–H and O–H groups in total. The van der Waals surface area contributed by atoms with Crippen LogP contribution in [0.5, 0.6) is 0 Å². The Labute approximate surface area is 145 Å². The van der Waals surface area contributed by atoms with Crippen molar-refractivity contribution in [2.75, 3.05) is 0 Å². The third-order valence-electron chi connectivity index (χ3n) is 7.81. The monoisotopic (exact) mass is 330 g/mol. The highest BCUT2D eigenvalue weighted by Gasteiger charge is 2.51. The largest absolute Gasteiger partial charge is 0.0578 e. The number of aryl methyl sites for hydroxylation is 4. The minimum Gasteiger partial charge on any atom is -0.0578 e. The van der Waals surface area contributed by atoms with Crippen LogP contribution in [0.1, 0.15) is 70.2 Å². The van der Waals surface area contributed by atoms with Gasteiger partial charge in [0.2, 0.25) is 0 Å². The Morgan fingerprint density at radius 3 is 1.71 bits per heavy atom. The van der Waals surface area contributed by atoms with E-state index in [4.69, 9.17) is 0 Å². The van der Waals surface area contributed by atoms with Crippen LogP contribution in [0.4, 0.5) is 0 Å². The van der Waals surface area contributed by atoms with Crippen molar-refractivity contribution in [3.05, 3.63) is 56.6 Å². The Hall–Kier alpha value is -1.13. The fourth-order valence-electron chi connectivity index (χ4n) is 6.95. The number of benzene rings is 2. The summed E-state index contributed by atoms with van der Waals surface area (Å²) in [4.78, 5) is 0. The van der Waals surface area contributed by atoms with Gasteiger partial charge in [-0.3, -0.25) is 0 Å². The van der Waals surface area contributed by atoms with E-state index >= 15 is 0 Å². The molecule has 7 rings (SSSR count). The number of fused-ring (bicyclic) bond motifs is 4. The van der Waals surface area contributed by atoms with Gasteiger partial charge < -0.3 is 0 Å². The van der Waals surface area contributed by atoms with E-state index in [0.29, 0.717) is 5.41 Å². The molecule has 2 aromatic rings. The lowest BCUT2D eigenvalue weighted by molar-refractivity contribution is 0.510. The Bertz CT molecular complexity index is 872. The number of rotatable bonds is 0. The molecule has 1 heteroatoms. The molecule has 2 aromatic carbocycles. The second-order valence-corrected chi connectivity index (χ2v) is 10.0. The van der Waals surface area contributed by atoms with Crippen molar-refractivity contribution in [3.8, 4) is 0 Å². The minimum atomic E-state index is 0.440. The van der Waals surface area contributed by atoms with Gasteiger partial charge in [-0.25, -0.2) is 0 Å². The molecular formula is C23H23P. The highest BCUT2D eigenvalue weighted by Crippen LogP contribution is 2.57. The first kappa shape index (κ1) is 13.1. The third kappa shape index (κ3) is 1.32. The van der Waals surface area contributed by atoms with Crippen LogP contribution in [0.15, 0.2) is 12.1 Å². The highest BCUT2D eigenvalue weighted by atomic mass is 31.1. The molecule has 0 saturated heterocycles. The Kier molecular flexibility index (Phi) is 2.27. The maximum atomic E-state index is 2.64. The van der Waals surface area contributed by atoms with E-state index in [1.165, 1.54) is 64.2 Å². The molecule has 0 nitrogen and oxygen atoms in total. The first-order valence-electron chi connectivity index (χ1n) is 9.98. The summed E-state index contributed by atoms with van der Waals surface area (Å²) in [6.45, 7) is 0. The summed E-state index contributed by atoms with van der Waals surface area (Å²) in [6, 6.07) is 5.27. The molecule has 0 radical (unpaired) electrons. The van der Waals surface area contributed by atoms with Crippen LogP contribution in [0.2, 0.25) is 0 Å². The van der Waals surface area contributed by atoms with Gasteiger partial charge in [-0.15, -0.1) is 0 Å². The van der Waals surface area contributed by atoms with Gasteiger partial charge in [0.15, 0.2) is 0 Å². The normalized spacial score (nSPS) is 23.2. The summed E-state index contributed by atoms with van der Waals surface area (Å²) < 4.78 is 0. The molecule has 1 heterocycles. The number of hydrogen-bond donors (Lipinski definition) is 0. The van der Waals surface area contributed by atoms with E-state index in [1.54, 1.807) is 33.4 Å². The first-order chi connectivity index (χ1) is 11.9. The zero-order valence-electron chi connectivity index (χ0n) is 14.2. The van der Waals surface area contributed by atoms with Crippen molar-refractivity contribution in [1.82, 2.24) is 0 Å². The van der Waals surface area contributed by atoms with Crippen LogP contribution >= 0.6 is 8.58 Å². The van der Waals surface area contributed by atoms with Gasteiger partial charge in [-0.1, -0.05) is 20.7 Å². The molecule has 0 atom stereocenters. The molecule has 0 fully saturated rings. The topological polar surface area (TPSA) is 0 Å². The lowest BCUT2D eigenvalue weighted by atomic mass is 9.75. The van der Waals surface area contributed by atoms with E-state index in [9.17, 15) is 0 Å². The van der Waals surface area contributed by atoms with Crippen molar-refractivity contribution in [2.24, 2.45) is 0 Å². The highest BCUT2D eigenvalue weighted by molar-refractivity contribution is 7.56. The molecular weight excluding hydrogens is 307 g/mol. The number of hydrogen-bond acceptors (Lipinski definition) is 0. The molecule has 0 saturated carbocycles. The summed E-state index contributed by atoms with van der Waals surface area (Å²) in [7, 11) is 0.967. The van der Waals surface area contributed by atoms with Crippen molar-refractivity contribution < 1.29 is 0 Å². The van der Waals surface area contributed by atoms with Crippen molar-refractivity contribution in [3.63, 3.8) is 0 Å². The summed E-state index contributed by atoms with van der Waals surface area (Å²) in [6.07, 6.45) is 13.7. The van der Waals surface area contributed by atoms with Gasteiger partial charge in [0.05, 0.1) is 0 Å². The molecule has 4 aliphatic carbocycles. The van der Waals surface area contributed by atoms with E-state index in [0.717, 1.165) is 8.58 Å². The minimum absolute atomic E-state index is 0.440. The molecule has 0 bridgehead atoms. The fraction of sp³-hybridized carbons (Fsp3) is 0.478. The quantitative estimate of drug-likeness (QED) is 0.645. The summed E-state index contributed by atoms with van der Waals surface area (Å²) in [5.41, 5.74) is 14.7. The van der Waals surface area contributed by atoms with Crippen LogP contribution < -0.4 is 10.6 Å². The van der Waals surface area contributed by atoms with E-state index in [-0.39, 0.29) is 0 Å². The lowest BCUT2D eigenvalue weighted by Gasteiger charge is -2.37. The maximum absolute atomic E-state index is 2.64. The summed E-state index contributed by atoms with van der Waals surface area (Å²) >= 11 is 0. The molecule has 0 aromatic heterocycles. The molecule has 0 unspecified atom stereocenters. The molecule has 120 valence electrons. The second-order valence-electron chi connectivity index (χ2n) is 8.76. The molecule has 24 heavy (non-hydrogen) atoms. The van der Waals surface area contributed by atoms with Gasteiger partial charge in [-0.05, 0) is 119 Å². The van der Waals surface area contributed by atoms with Gasteiger partial charge in [0, 0.05) is 5.41 Å². The molecule has 0 amide bonds. The van der Waals surface area contributed by atoms with Gasteiger partial charge in [-0.2, -0.15) is 0 Å². The zero-order chi connectivity index (χ0) is 15.5. The van der Waals surface area contributed by atoms with Crippen molar-refractivity contribution in [2.45, 2.75) is 69.6 Å².